The second-order valence-electron chi connectivity index (χ2n) is 4.40. The third-order valence-electron chi connectivity index (χ3n) is 2.34. The number of rotatable bonds is 7. The van der Waals surface area contributed by atoms with Gasteiger partial charge in [-0.3, -0.25) is 4.79 Å². The largest absolute Gasteiger partial charge is 0.396 e. The summed E-state index contributed by atoms with van der Waals surface area (Å²) in [4.78, 5) is 11.4. The summed E-state index contributed by atoms with van der Waals surface area (Å²) >= 11 is 1.58. The zero-order valence-corrected chi connectivity index (χ0v) is 10.9. The van der Waals surface area contributed by atoms with E-state index in [1.807, 2.05) is 13.8 Å². The Morgan fingerprint density at radius 2 is 1.93 bits per heavy atom. The van der Waals surface area contributed by atoms with Crippen LogP contribution in [0.15, 0.2) is 0 Å². The van der Waals surface area contributed by atoms with Crippen LogP contribution in [0, 0.1) is 11.8 Å². The lowest BCUT2D eigenvalue weighted by Gasteiger charge is -2.17. The van der Waals surface area contributed by atoms with Crippen LogP contribution in [-0.2, 0) is 4.79 Å². The van der Waals surface area contributed by atoms with Crippen LogP contribution in [0.4, 0.5) is 0 Å². The average molecular weight is 233 g/mol. The van der Waals surface area contributed by atoms with Crippen LogP contribution in [0.2, 0.25) is 0 Å². The van der Waals surface area contributed by atoms with Crippen molar-refractivity contribution in [3.8, 4) is 0 Å². The highest BCUT2D eigenvalue weighted by atomic mass is 32.2. The molecule has 0 aliphatic carbocycles. The van der Waals surface area contributed by atoms with E-state index in [-0.39, 0.29) is 24.5 Å². The van der Waals surface area contributed by atoms with Crippen LogP contribution >= 0.6 is 11.8 Å². The van der Waals surface area contributed by atoms with E-state index in [9.17, 15) is 4.79 Å². The fourth-order valence-electron chi connectivity index (χ4n) is 0.868. The minimum Gasteiger partial charge on any atom is -0.396 e. The number of carbonyl (C=O) groups is 1. The van der Waals surface area contributed by atoms with Crippen LogP contribution in [0.5, 0.6) is 0 Å². The van der Waals surface area contributed by atoms with Crippen molar-refractivity contribution in [2.45, 2.75) is 33.7 Å². The molecule has 2 atom stereocenters. The molecule has 0 heterocycles. The lowest BCUT2D eigenvalue weighted by molar-refractivity contribution is -0.119. The molecule has 0 aromatic carbocycles. The molecule has 0 saturated carbocycles. The monoisotopic (exact) mass is 233 g/mol. The number of hydrogen-bond donors (Lipinski definition) is 2. The molecule has 0 aromatic rings. The maximum absolute atomic E-state index is 11.4. The Morgan fingerprint density at radius 3 is 2.40 bits per heavy atom. The van der Waals surface area contributed by atoms with Gasteiger partial charge in [0.1, 0.15) is 0 Å². The van der Waals surface area contributed by atoms with Gasteiger partial charge in [0, 0.05) is 12.6 Å². The van der Waals surface area contributed by atoms with Crippen molar-refractivity contribution >= 4 is 17.7 Å². The molecule has 3 nitrogen and oxygen atoms in total. The molecule has 0 aromatic heterocycles. The summed E-state index contributed by atoms with van der Waals surface area (Å²) in [6, 6.07) is 0.230. The summed E-state index contributed by atoms with van der Waals surface area (Å²) in [5, 5.41) is 11.8. The highest BCUT2D eigenvalue weighted by Crippen LogP contribution is 2.07. The summed E-state index contributed by atoms with van der Waals surface area (Å²) < 4.78 is 0. The zero-order chi connectivity index (χ0) is 11.8. The van der Waals surface area contributed by atoms with Gasteiger partial charge in [0.05, 0.1) is 5.75 Å². The van der Waals surface area contributed by atoms with Crippen LogP contribution < -0.4 is 5.32 Å². The first-order valence-corrected chi connectivity index (χ1v) is 6.60. The molecule has 0 bridgehead atoms. The van der Waals surface area contributed by atoms with Crippen molar-refractivity contribution < 1.29 is 9.90 Å². The van der Waals surface area contributed by atoms with Crippen molar-refractivity contribution in [2.24, 2.45) is 11.8 Å². The first-order chi connectivity index (χ1) is 6.97. The normalized spacial score (nSPS) is 15.1. The van der Waals surface area contributed by atoms with Crippen molar-refractivity contribution in [2.75, 3.05) is 18.1 Å². The third-order valence-corrected chi connectivity index (χ3v) is 3.61. The highest BCUT2D eigenvalue weighted by molar-refractivity contribution is 7.99. The van der Waals surface area contributed by atoms with Crippen molar-refractivity contribution in [1.82, 2.24) is 5.32 Å². The maximum Gasteiger partial charge on any atom is 0.230 e. The Balaban J connectivity index is 3.58. The molecule has 0 spiro atoms. The Bertz CT molecular complexity index is 185. The van der Waals surface area contributed by atoms with Gasteiger partial charge >= 0.3 is 0 Å². The number of carbonyl (C=O) groups excluding carboxylic acids is 1. The smallest absolute Gasteiger partial charge is 0.230 e. The highest BCUT2D eigenvalue weighted by Gasteiger charge is 2.10. The van der Waals surface area contributed by atoms with Gasteiger partial charge in [0.15, 0.2) is 0 Å². The van der Waals surface area contributed by atoms with Crippen molar-refractivity contribution in [3.63, 3.8) is 0 Å². The van der Waals surface area contributed by atoms with Crippen molar-refractivity contribution in [3.05, 3.63) is 0 Å². The minimum absolute atomic E-state index is 0.0892. The minimum atomic E-state index is 0.0892. The molecule has 1 amide bonds. The molecular formula is C11H23NO2S. The first-order valence-electron chi connectivity index (χ1n) is 5.45. The Hall–Kier alpha value is -0.220. The molecule has 0 aliphatic rings. The number of thioether (sulfide) groups is 1. The second kappa shape index (κ2) is 7.99. The molecule has 0 fully saturated rings. The predicted molar refractivity (Wildman–Crippen MR) is 66.0 cm³/mol. The Morgan fingerprint density at radius 1 is 1.33 bits per heavy atom. The van der Waals surface area contributed by atoms with E-state index in [1.54, 1.807) is 11.8 Å². The summed E-state index contributed by atoms with van der Waals surface area (Å²) in [7, 11) is 0. The second-order valence-corrected chi connectivity index (χ2v) is 5.43. The van der Waals surface area contributed by atoms with Crippen LogP contribution in [-0.4, -0.2) is 35.2 Å². The molecule has 15 heavy (non-hydrogen) atoms. The molecule has 2 N–H and O–H groups in total. The van der Waals surface area contributed by atoms with E-state index in [0.29, 0.717) is 11.7 Å². The van der Waals surface area contributed by atoms with Gasteiger partial charge in [0.25, 0.3) is 0 Å². The van der Waals surface area contributed by atoms with E-state index in [0.717, 1.165) is 5.75 Å². The molecular weight excluding hydrogens is 210 g/mol. The fourth-order valence-corrected chi connectivity index (χ4v) is 1.76. The predicted octanol–water partition coefficient (Wildman–Crippen LogP) is 1.51. The van der Waals surface area contributed by atoms with Gasteiger partial charge < -0.3 is 10.4 Å². The van der Waals surface area contributed by atoms with E-state index in [2.05, 4.69) is 19.2 Å². The van der Waals surface area contributed by atoms with Gasteiger partial charge in [-0.15, -0.1) is 0 Å². The van der Waals surface area contributed by atoms with Crippen LogP contribution in [0.3, 0.4) is 0 Å². The van der Waals surface area contributed by atoms with Crippen LogP contribution in [0.1, 0.15) is 27.7 Å². The quantitative estimate of drug-likeness (QED) is 0.701. The number of nitrogens with one attached hydrogen (secondary N) is 1. The summed E-state index contributed by atoms with van der Waals surface area (Å²) in [6.07, 6.45) is 0. The summed E-state index contributed by atoms with van der Waals surface area (Å²) in [6.45, 7) is 8.36. The molecule has 4 heteroatoms. The number of amides is 1. The molecule has 0 saturated heterocycles. The van der Waals surface area contributed by atoms with E-state index in [4.69, 9.17) is 5.11 Å². The average Bonchev–Trinajstić information content (AvgIpc) is 2.17. The molecule has 0 rings (SSSR count). The van der Waals surface area contributed by atoms with Gasteiger partial charge in [0.2, 0.25) is 5.91 Å². The zero-order valence-electron chi connectivity index (χ0n) is 10.1. The van der Waals surface area contributed by atoms with E-state index in [1.165, 1.54) is 0 Å². The SMILES string of the molecule is CC(CO)CSCC(=O)NC(C)C(C)C. The first kappa shape index (κ1) is 14.8. The van der Waals surface area contributed by atoms with E-state index < -0.39 is 0 Å². The Kier molecular flexibility index (Phi) is 7.88. The maximum atomic E-state index is 11.4. The topological polar surface area (TPSA) is 49.3 Å². The standard InChI is InChI=1S/C11H23NO2S/c1-8(2)10(4)12-11(14)7-15-6-9(3)5-13/h8-10,13H,5-7H2,1-4H3,(H,12,14). The summed E-state index contributed by atoms with van der Waals surface area (Å²) in [5.74, 6) is 2.15. The number of aliphatic hydroxyl groups excluding tert-OH is 1. The molecule has 90 valence electrons. The van der Waals surface area contributed by atoms with Gasteiger partial charge in [-0.1, -0.05) is 20.8 Å². The van der Waals surface area contributed by atoms with Gasteiger partial charge in [-0.05, 0) is 24.5 Å². The lowest BCUT2D eigenvalue weighted by atomic mass is 10.1. The van der Waals surface area contributed by atoms with Gasteiger partial charge in [-0.25, -0.2) is 0 Å². The Labute approximate surface area is 97.0 Å². The van der Waals surface area contributed by atoms with Gasteiger partial charge in [-0.2, -0.15) is 11.8 Å². The molecule has 0 radical (unpaired) electrons. The van der Waals surface area contributed by atoms with Crippen LogP contribution in [0.25, 0.3) is 0 Å². The third kappa shape index (κ3) is 7.68. The molecule has 0 aliphatic heterocycles. The fraction of sp³-hybridized carbons (Fsp3) is 0.909. The number of hydrogen-bond acceptors (Lipinski definition) is 3. The lowest BCUT2D eigenvalue weighted by Crippen LogP contribution is -2.37. The number of aliphatic hydroxyl groups is 1. The van der Waals surface area contributed by atoms with Crippen molar-refractivity contribution in [1.29, 1.82) is 0 Å². The molecule has 2 unspecified atom stereocenters. The van der Waals surface area contributed by atoms with E-state index >= 15 is 0 Å². The summed E-state index contributed by atoms with van der Waals surface area (Å²) in [5.41, 5.74) is 0.